The van der Waals surface area contributed by atoms with E-state index in [1.807, 2.05) is 6.07 Å². The average molecular weight is 283 g/mol. The molecule has 3 heterocycles. The van der Waals surface area contributed by atoms with E-state index >= 15 is 0 Å². The molecular weight excluding hydrogens is 270 g/mol. The minimum absolute atomic E-state index is 0.132. The Bertz CT molecular complexity index is 878. The highest BCUT2D eigenvalue weighted by Gasteiger charge is 2.24. The number of phenols is 1. The molecule has 4 rings (SSSR count). The summed E-state index contributed by atoms with van der Waals surface area (Å²) in [6.45, 7) is 1.53. The zero-order valence-electron chi connectivity index (χ0n) is 11.1. The van der Waals surface area contributed by atoms with Gasteiger partial charge in [-0.3, -0.25) is 9.55 Å². The zero-order chi connectivity index (χ0) is 14.4. The first-order valence-corrected chi connectivity index (χ1v) is 6.71. The number of imidazole rings is 1. The number of para-hydroxylation sites is 1. The number of aromatic amines is 1. The SMILES string of the molecule is O=c1[nH]c2nnc(-c3ccccc3O)cc2n1C1CNC1. The Kier molecular flexibility index (Phi) is 2.55. The minimum atomic E-state index is -0.180. The highest BCUT2D eigenvalue weighted by molar-refractivity contribution is 5.78. The number of aromatic nitrogens is 4. The van der Waals surface area contributed by atoms with Crippen molar-refractivity contribution in [2.75, 3.05) is 13.1 Å². The van der Waals surface area contributed by atoms with Gasteiger partial charge in [0, 0.05) is 18.7 Å². The van der Waals surface area contributed by atoms with Crippen LogP contribution in [0.2, 0.25) is 0 Å². The second-order valence-electron chi connectivity index (χ2n) is 5.09. The fourth-order valence-corrected chi connectivity index (χ4v) is 2.57. The number of hydrogen-bond donors (Lipinski definition) is 3. The molecule has 0 saturated carbocycles. The first-order valence-electron chi connectivity index (χ1n) is 6.71. The summed E-state index contributed by atoms with van der Waals surface area (Å²) in [5, 5.41) is 21.2. The number of phenolic OH excluding ortho intramolecular Hbond substituents is 1. The van der Waals surface area contributed by atoms with Crippen molar-refractivity contribution in [3.8, 4) is 17.0 Å². The van der Waals surface area contributed by atoms with Crippen LogP contribution in [0, 0.1) is 0 Å². The van der Waals surface area contributed by atoms with Crippen LogP contribution in [0.25, 0.3) is 22.4 Å². The van der Waals surface area contributed by atoms with E-state index in [2.05, 4.69) is 20.5 Å². The van der Waals surface area contributed by atoms with Gasteiger partial charge in [-0.1, -0.05) is 12.1 Å². The Balaban J connectivity index is 1.93. The molecule has 3 N–H and O–H groups in total. The molecule has 1 aromatic carbocycles. The minimum Gasteiger partial charge on any atom is -0.507 e. The van der Waals surface area contributed by atoms with Crippen molar-refractivity contribution < 1.29 is 5.11 Å². The van der Waals surface area contributed by atoms with Crippen LogP contribution in [0.4, 0.5) is 0 Å². The van der Waals surface area contributed by atoms with E-state index in [9.17, 15) is 9.90 Å². The molecule has 106 valence electrons. The van der Waals surface area contributed by atoms with Gasteiger partial charge in [0.2, 0.25) is 0 Å². The van der Waals surface area contributed by atoms with E-state index in [1.165, 1.54) is 0 Å². The molecular formula is C14H13N5O2. The van der Waals surface area contributed by atoms with Gasteiger partial charge in [-0.05, 0) is 18.2 Å². The third-order valence-corrected chi connectivity index (χ3v) is 3.78. The van der Waals surface area contributed by atoms with Crippen LogP contribution in [0.5, 0.6) is 5.75 Å². The summed E-state index contributed by atoms with van der Waals surface area (Å²) in [7, 11) is 0. The fraction of sp³-hybridized carbons (Fsp3) is 0.214. The lowest BCUT2D eigenvalue weighted by molar-refractivity contribution is 0.344. The van der Waals surface area contributed by atoms with E-state index in [-0.39, 0.29) is 17.5 Å². The largest absolute Gasteiger partial charge is 0.507 e. The quantitative estimate of drug-likeness (QED) is 0.641. The van der Waals surface area contributed by atoms with Crippen LogP contribution in [-0.2, 0) is 0 Å². The second kappa shape index (κ2) is 4.42. The molecule has 0 amide bonds. The van der Waals surface area contributed by atoms with Crippen molar-refractivity contribution in [1.82, 2.24) is 25.1 Å². The van der Waals surface area contributed by atoms with Crippen molar-refractivity contribution in [1.29, 1.82) is 0 Å². The van der Waals surface area contributed by atoms with Crippen LogP contribution < -0.4 is 11.0 Å². The van der Waals surface area contributed by atoms with Crippen molar-refractivity contribution in [2.45, 2.75) is 6.04 Å². The third-order valence-electron chi connectivity index (χ3n) is 3.78. The molecule has 0 unspecified atom stereocenters. The van der Waals surface area contributed by atoms with Gasteiger partial charge in [-0.2, -0.15) is 0 Å². The average Bonchev–Trinajstić information content (AvgIpc) is 2.74. The van der Waals surface area contributed by atoms with Crippen LogP contribution in [0.1, 0.15) is 6.04 Å². The number of aromatic hydroxyl groups is 1. The molecule has 1 saturated heterocycles. The Morgan fingerprint density at radius 1 is 1.24 bits per heavy atom. The van der Waals surface area contributed by atoms with Gasteiger partial charge in [0.25, 0.3) is 0 Å². The maximum atomic E-state index is 12.1. The summed E-state index contributed by atoms with van der Waals surface area (Å²) in [4.78, 5) is 14.8. The molecule has 0 aliphatic carbocycles. The Morgan fingerprint density at radius 2 is 2.05 bits per heavy atom. The van der Waals surface area contributed by atoms with Crippen LogP contribution in [0.15, 0.2) is 35.1 Å². The number of H-pyrrole nitrogens is 1. The number of nitrogens with zero attached hydrogens (tertiary/aromatic N) is 3. The summed E-state index contributed by atoms with van der Waals surface area (Å²) < 4.78 is 1.70. The van der Waals surface area contributed by atoms with Crippen LogP contribution >= 0.6 is 0 Å². The molecule has 7 heteroatoms. The van der Waals surface area contributed by atoms with Gasteiger partial charge in [0.05, 0.1) is 17.3 Å². The van der Waals surface area contributed by atoms with E-state index < -0.39 is 0 Å². The third kappa shape index (κ3) is 1.82. The van der Waals surface area contributed by atoms with E-state index in [0.29, 0.717) is 22.4 Å². The summed E-state index contributed by atoms with van der Waals surface area (Å²) in [5.41, 5.74) is 2.13. The van der Waals surface area contributed by atoms with Gasteiger partial charge < -0.3 is 10.4 Å². The van der Waals surface area contributed by atoms with Crippen molar-refractivity contribution >= 4 is 11.2 Å². The molecule has 3 aromatic rings. The van der Waals surface area contributed by atoms with Gasteiger partial charge in [-0.25, -0.2) is 4.79 Å². The number of benzene rings is 1. The zero-order valence-corrected chi connectivity index (χ0v) is 11.1. The molecule has 0 atom stereocenters. The maximum absolute atomic E-state index is 12.1. The van der Waals surface area contributed by atoms with Gasteiger partial charge >= 0.3 is 5.69 Å². The fourth-order valence-electron chi connectivity index (χ4n) is 2.57. The number of hydrogen-bond acceptors (Lipinski definition) is 5. The summed E-state index contributed by atoms with van der Waals surface area (Å²) in [6.07, 6.45) is 0. The smallest absolute Gasteiger partial charge is 0.328 e. The predicted molar refractivity (Wildman–Crippen MR) is 77.2 cm³/mol. The number of nitrogens with one attached hydrogen (secondary N) is 2. The monoisotopic (exact) mass is 283 g/mol. The normalized spacial score (nSPS) is 15.2. The maximum Gasteiger partial charge on any atom is 0.328 e. The number of fused-ring (bicyclic) bond motifs is 1. The summed E-state index contributed by atoms with van der Waals surface area (Å²) in [6, 6.07) is 8.85. The number of rotatable bonds is 2. The van der Waals surface area contributed by atoms with Crippen LogP contribution in [0.3, 0.4) is 0 Å². The highest BCUT2D eigenvalue weighted by atomic mass is 16.3. The topological polar surface area (TPSA) is 95.8 Å². The van der Waals surface area contributed by atoms with Crippen molar-refractivity contribution in [2.24, 2.45) is 0 Å². The summed E-state index contributed by atoms with van der Waals surface area (Å²) >= 11 is 0. The second-order valence-corrected chi connectivity index (χ2v) is 5.09. The van der Waals surface area contributed by atoms with E-state index in [1.54, 1.807) is 28.8 Å². The molecule has 0 radical (unpaired) electrons. The first kappa shape index (κ1) is 12.1. The Morgan fingerprint density at radius 3 is 2.76 bits per heavy atom. The lowest BCUT2D eigenvalue weighted by atomic mass is 10.1. The highest BCUT2D eigenvalue weighted by Crippen LogP contribution is 2.28. The molecule has 2 aromatic heterocycles. The van der Waals surface area contributed by atoms with Gasteiger partial charge in [0.15, 0.2) is 5.65 Å². The van der Waals surface area contributed by atoms with E-state index in [0.717, 1.165) is 13.1 Å². The first-order chi connectivity index (χ1) is 10.2. The molecule has 1 aliphatic rings. The molecule has 1 fully saturated rings. The lowest BCUT2D eigenvalue weighted by Crippen LogP contribution is -2.46. The Labute approximate surface area is 119 Å². The van der Waals surface area contributed by atoms with Crippen molar-refractivity contribution in [3.05, 3.63) is 40.8 Å². The van der Waals surface area contributed by atoms with E-state index in [4.69, 9.17) is 0 Å². The standard InChI is InChI=1S/C14H13N5O2/c20-12-4-2-1-3-9(12)10-5-11-13(18-17-10)16-14(21)19(11)8-6-15-7-8/h1-5,8,15,20H,6-7H2,(H,16,18,21). The molecule has 7 nitrogen and oxygen atoms in total. The van der Waals surface area contributed by atoms with Gasteiger partial charge in [0.1, 0.15) is 5.75 Å². The molecule has 1 aliphatic heterocycles. The van der Waals surface area contributed by atoms with Gasteiger partial charge in [-0.15, -0.1) is 10.2 Å². The van der Waals surface area contributed by atoms with Crippen LogP contribution in [-0.4, -0.2) is 37.9 Å². The van der Waals surface area contributed by atoms with Crippen molar-refractivity contribution in [3.63, 3.8) is 0 Å². The Hall–Kier alpha value is -2.67. The lowest BCUT2D eigenvalue weighted by Gasteiger charge is -2.28. The molecule has 0 bridgehead atoms. The predicted octanol–water partition coefficient (Wildman–Crippen LogP) is 0.636. The summed E-state index contributed by atoms with van der Waals surface area (Å²) in [5.74, 6) is 0.140. The molecule has 21 heavy (non-hydrogen) atoms. The molecule has 0 spiro atoms.